The molecule has 0 amide bonds. The summed E-state index contributed by atoms with van der Waals surface area (Å²) in [5.74, 6) is 1.39. The number of ether oxygens (including phenoxy) is 1. The van der Waals surface area contributed by atoms with E-state index >= 15 is 0 Å². The van der Waals surface area contributed by atoms with Crippen molar-refractivity contribution in [1.82, 2.24) is 14.8 Å². The van der Waals surface area contributed by atoms with Gasteiger partial charge >= 0.3 is 0 Å². The zero-order chi connectivity index (χ0) is 26.6. The lowest BCUT2D eigenvalue weighted by atomic mass is 10.1. The van der Waals surface area contributed by atoms with E-state index in [1.54, 1.807) is 0 Å². The van der Waals surface area contributed by atoms with E-state index in [4.69, 9.17) is 4.74 Å². The first-order valence-corrected chi connectivity index (χ1v) is 13.7. The van der Waals surface area contributed by atoms with Crippen molar-refractivity contribution in [3.8, 4) is 11.4 Å². The number of nitrogens with zero attached hydrogens (tertiary/aromatic N) is 4. The van der Waals surface area contributed by atoms with Gasteiger partial charge < -0.3 is 4.74 Å². The van der Waals surface area contributed by atoms with E-state index < -0.39 is 5.25 Å². The highest BCUT2D eigenvalue weighted by Crippen LogP contribution is 2.39. The standard InChI is InChI=1S/C29H25BrN4O3S/c1-19-7-5-11-24(15-19)34-20(2)31-32-29(34)38-28(17-33(35)36)22-13-14-27(26(30)16-22)37-18-23-10-6-9-21-8-3-4-12-25(21)23/h3-16,28H,17-18H2,1-2H3/t28-/m0/s1. The molecule has 5 rings (SSSR count). The number of nitro groups is 1. The summed E-state index contributed by atoms with van der Waals surface area (Å²) in [5, 5.41) is 22.6. The summed E-state index contributed by atoms with van der Waals surface area (Å²) in [5.41, 5.74) is 3.92. The molecule has 0 aliphatic carbocycles. The third-order valence-corrected chi connectivity index (χ3v) is 8.01. The van der Waals surface area contributed by atoms with Crippen molar-refractivity contribution in [2.24, 2.45) is 0 Å². The number of halogens is 1. The minimum atomic E-state index is -0.472. The molecule has 0 N–H and O–H groups in total. The number of thioether (sulfide) groups is 1. The molecule has 1 atom stereocenters. The van der Waals surface area contributed by atoms with Crippen LogP contribution in [0.3, 0.4) is 0 Å². The molecule has 0 spiro atoms. The molecule has 0 saturated carbocycles. The molecule has 0 fully saturated rings. The molecule has 5 aromatic rings. The van der Waals surface area contributed by atoms with Gasteiger partial charge in [-0.2, -0.15) is 0 Å². The first-order chi connectivity index (χ1) is 18.4. The highest BCUT2D eigenvalue weighted by molar-refractivity contribution is 9.10. The van der Waals surface area contributed by atoms with Gasteiger partial charge in [0, 0.05) is 10.6 Å². The zero-order valence-corrected chi connectivity index (χ0v) is 23.3. The van der Waals surface area contributed by atoms with E-state index in [0.29, 0.717) is 17.5 Å². The summed E-state index contributed by atoms with van der Waals surface area (Å²) in [4.78, 5) is 11.3. The van der Waals surface area contributed by atoms with E-state index in [9.17, 15) is 10.1 Å². The fourth-order valence-electron chi connectivity index (χ4n) is 4.37. The van der Waals surface area contributed by atoms with Crippen molar-refractivity contribution < 1.29 is 9.66 Å². The van der Waals surface area contributed by atoms with Crippen molar-refractivity contribution in [2.75, 3.05) is 6.54 Å². The number of hydrogen-bond acceptors (Lipinski definition) is 6. The topological polar surface area (TPSA) is 83.1 Å². The number of hydrogen-bond donors (Lipinski definition) is 0. The van der Waals surface area contributed by atoms with Crippen LogP contribution in [0.2, 0.25) is 0 Å². The molecule has 0 saturated heterocycles. The van der Waals surface area contributed by atoms with Crippen LogP contribution in [0.15, 0.2) is 94.6 Å². The quantitative estimate of drug-likeness (QED) is 0.101. The highest BCUT2D eigenvalue weighted by atomic mass is 79.9. The van der Waals surface area contributed by atoms with Gasteiger partial charge in [-0.25, -0.2) is 0 Å². The molecule has 9 heteroatoms. The molecule has 7 nitrogen and oxygen atoms in total. The summed E-state index contributed by atoms with van der Waals surface area (Å²) < 4.78 is 8.81. The zero-order valence-electron chi connectivity index (χ0n) is 20.9. The Morgan fingerprint density at radius 2 is 1.79 bits per heavy atom. The fraction of sp³-hybridized carbons (Fsp3) is 0.172. The number of aryl methyl sites for hydroxylation is 2. The van der Waals surface area contributed by atoms with Crippen molar-refractivity contribution >= 4 is 38.5 Å². The normalized spacial score (nSPS) is 12.0. The smallest absolute Gasteiger partial charge is 0.220 e. The minimum absolute atomic E-state index is 0.257. The second-order valence-corrected chi connectivity index (χ2v) is 11.0. The minimum Gasteiger partial charge on any atom is -0.488 e. The lowest BCUT2D eigenvalue weighted by molar-refractivity contribution is -0.479. The Morgan fingerprint density at radius 3 is 2.58 bits per heavy atom. The molecule has 192 valence electrons. The second-order valence-electron chi connectivity index (χ2n) is 8.94. The van der Waals surface area contributed by atoms with Gasteiger partial charge in [-0.05, 0) is 81.5 Å². The van der Waals surface area contributed by atoms with Gasteiger partial charge in [0.05, 0.1) is 4.47 Å². The Bertz CT molecular complexity index is 1620. The molecule has 0 radical (unpaired) electrons. The first kappa shape index (κ1) is 25.9. The molecule has 1 heterocycles. The van der Waals surface area contributed by atoms with Crippen molar-refractivity contribution in [3.63, 3.8) is 0 Å². The van der Waals surface area contributed by atoms with Gasteiger partial charge in [-0.3, -0.25) is 14.7 Å². The maximum Gasteiger partial charge on any atom is 0.220 e. The number of fused-ring (bicyclic) bond motifs is 1. The molecule has 0 unspecified atom stereocenters. The lowest BCUT2D eigenvalue weighted by Gasteiger charge is -2.16. The van der Waals surface area contributed by atoms with Crippen molar-refractivity contribution in [3.05, 3.63) is 122 Å². The van der Waals surface area contributed by atoms with Crippen LogP contribution in [0, 0.1) is 24.0 Å². The highest BCUT2D eigenvalue weighted by Gasteiger charge is 2.24. The van der Waals surface area contributed by atoms with Gasteiger partial charge in [0.15, 0.2) is 5.16 Å². The monoisotopic (exact) mass is 588 g/mol. The Kier molecular flexibility index (Phi) is 7.76. The lowest BCUT2D eigenvalue weighted by Crippen LogP contribution is -2.11. The van der Waals surface area contributed by atoms with Gasteiger partial charge in [0.2, 0.25) is 6.54 Å². The Balaban J connectivity index is 1.39. The molecule has 0 bridgehead atoms. The van der Waals surface area contributed by atoms with E-state index in [-0.39, 0.29) is 11.5 Å². The van der Waals surface area contributed by atoms with Crippen LogP contribution in [-0.2, 0) is 6.61 Å². The summed E-state index contributed by atoms with van der Waals surface area (Å²) in [7, 11) is 0. The Hall–Kier alpha value is -3.69. The van der Waals surface area contributed by atoms with Gasteiger partial charge in [0.25, 0.3) is 0 Å². The van der Waals surface area contributed by atoms with E-state index in [2.05, 4.69) is 50.4 Å². The van der Waals surface area contributed by atoms with E-state index in [1.807, 2.05) is 79.1 Å². The first-order valence-electron chi connectivity index (χ1n) is 12.1. The summed E-state index contributed by atoms with van der Waals surface area (Å²) in [6.45, 7) is 4.05. The summed E-state index contributed by atoms with van der Waals surface area (Å²) in [6, 6.07) is 28.0. The Morgan fingerprint density at radius 1 is 1.00 bits per heavy atom. The van der Waals surface area contributed by atoms with Crippen LogP contribution in [0.25, 0.3) is 16.5 Å². The van der Waals surface area contributed by atoms with Gasteiger partial charge in [0.1, 0.15) is 23.4 Å². The van der Waals surface area contributed by atoms with Gasteiger partial charge in [-0.15, -0.1) is 10.2 Å². The van der Waals surface area contributed by atoms with Gasteiger partial charge in [-0.1, -0.05) is 72.4 Å². The van der Waals surface area contributed by atoms with E-state index in [0.717, 1.165) is 43.4 Å². The van der Waals surface area contributed by atoms with Crippen LogP contribution in [0.5, 0.6) is 5.75 Å². The number of aromatic nitrogens is 3. The molecular formula is C29H25BrN4O3S. The predicted molar refractivity (Wildman–Crippen MR) is 154 cm³/mol. The maximum atomic E-state index is 11.6. The van der Waals surface area contributed by atoms with Crippen LogP contribution < -0.4 is 4.74 Å². The average Bonchev–Trinajstić information content (AvgIpc) is 3.27. The van der Waals surface area contributed by atoms with Crippen LogP contribution in [-0.4, -0.2) is 26.2 Å². The molecule has 4 aromatic carbocycles. The van der Waals surface area contributed by atoms with Crippen molar-refractivity contribution in [1.29, 1.82) is 0 Å². The van der Waals surface area contributed by atoms with Crippen molar-refractivity contribution in [2.45, 2.75) is 30.9 Å². The third-order valence-electron chi connectivity index (χ3n) is 6.21. The largest absolute Gasteiger partial charge is 0.488 e. The Labute approximate surface area is 233 Å². The molecule has 0 aliphatic rings. The van der Waals surface area contributed by atoms with Crippen LogP contribution >= 0.6 is 27.7 Å². The van der Waals surface area contributed by atoms with Crippen LogP contribution in [0.1, 0.15) is 27.8 Å². The van der Waals surface area contributed by atoms with E-state index in [1.165, 1.54) is 11.8 Å². The fourth-order valence-corrected chi connectivity index (χ4v) is 6.04. The summed E-state index contributed by atoms with van der Waals surface area (Å²) >= 11 is 4.95. The molecular weight excluding hydrogens is 564 g/mol. The number of rotatable bonds is 9. The third kappa shape index (κ3) is 5.74. The second kappa shape index (κ2) is 11.4. The summed E-state index contributed by atoms with van der Waals surface area (Å²) in [6.07, 6.45) is 0. The average molecular weight is 590 g/mol. The SMILES string of the molecule is Cc1cccc(-n2c(C)nnc2S[C@@H](C[N+](=O)[O-])c2ccc(OCc3cccc4ccccc34)c(Br)c2)c1. The maximum absolute atomic E-state index is 11.6. The molecule has 1 aromatic heterocycles. The number of benzene rings is 4. The molecule has 38 heavy (non-hydrogen) atoms. The predicted octanol–water partition coefficient (Wildman–Crippen LogP) is 7.49. The molecule has 0 aliphatic heterocycles. The van der Waals surface area contributed by atoms with Crippen LogP contribution in [0.4, 0.5) is 0 Å².